The first kappa shape index (κ1) is 28.8. The molecule has 1 aliphatic heterocycles. The molecule has 1 aliphatic rings. The summed E-state index contributed by atoms with van der Waals surface area (Å²) in [5.41, 5.74) is 3.86. The molecule has 1 N–H and O–H groups in total. The molecule has 0 bridgehead atoms. The molecule has 0 aromatic heterocycles. The third-order valence-corrected chi connectivity index (χ3v) is 7.76. The standard InChI is InChI=1S/C32H32ClN5O4/c1-6-42-26-16-17-29-27(20-26)32(21-7-11-23(12-8-21)35(2)3,22-9-13-24(14-10-22)36(4)5)37(31(39)34-29)30-18-15-25(38(40)41)19-28(30)33/h7-20H,6H2,1-5H3,(H,34,39). The Hall–Kier alpha value is -4.76. The number of nitrogens with one attached hydrogen (secondary N) is 1. The van der Waals surface area contributed by atoms with Gasteiger partial charge in [0.05, 0.1) is 22.2 Å². The summed E-state index contributed by atoms with van der Waals surface area (Å²) >= 11 is 6.75. The van der Waals surface area contributed by atoms with Gasteiger partial charge < -0.3 is 19.9 Å². The minimum atomic E-state index is -1.24. The van der Waals surface area contributed by atoms with Crippen LogP contribution in [-0.4, -0.2) is 45.8 Å². The van der Waals surface area contributed by atoms with Gasteiger partial charge >= 0.3 is 6.03 Å². The number of non-ortho nitro benzene ring substituents is 1. The highest BCUT2D eigenvalue weighted by Gasteiger charge is 2.51. The van der Waals surface area contributed by atoms with Crippen molar-refractivity contribution in [2.75, 3.05) is 54.8 Å². The van der Waals surface area contributed by atoms with Crippen molar-refractivity contribution in [3.63, 3.8) is 0 Å². The molecule has 0 aliphatic carbocycles. The molecule has 0 radical (unpaired) electrons. The Labute approximate surface area is 250 Å². The summed E-state index contributed by atoms with van der Waals surface area (Å²) in [5, 5.41) is 14.6. The number of nitrogens with zero attached hydrogens (tertiary/aromatic N) is 4. The van der Waals surface area contributed by atoms with Gasteiger partial charge in [-0.15, -0.1) is 0 Å². The molecule has 0 spiro atoms. The number of carbonyl (C=O) groups excluding carboxylic acids is 1. The first-order chi connectivity index (χ1) is 20.1. The van der Waals surface area contributed by atoms with E-state index < -0.39 is 16.5 Å². The predicted octanol–water partition coefficient (Wildman–Crippen LogP) is 7.12. The molecule has 216 valence electrons. The number of hydrogen-bond acceptors (Lipinski definition) is 6. The van der Waals surface area contributed by atoms with Gasteiger partial charge in [-0.3, -0.25) is 15.0 Å². The zero-order valence-electron chi connectivity index (χ0n) is 24.1. The molecule has 0 saturated carbocycles. The van der Waals surface area contributed by atoms with Crippen LogP contribution in [0.4, 0.5) is 33.2 Å². The third kappa shape index (κ3) is 4.86. The van der Waals surface area contributed by atoms with E-state index in [-0.39, 0.29) is 10.7 Å². The average molecular weight is 586 g/mol. The van der Waals surface area contributed by atoms with E-state index in [1.54, 1.807) is 4.90 Å². The minimum absolute atomic E-state index is 0.0722. The Morgan fingerprint density at radius 3 is 1.93 bits per heavy atom. The lowest BCUT2D eigenvalue weighted by Gasteiger charge is -2.49. The van der Waals surface area contributed by atoms with E-state index in [2.05, 4.69) is 5.32 Å². The Kier molecular flexibility index (Phi) is 7.71. The van der Waals surface area contributed by atoms with Crippen LogP contribution in [0.1, 0.15) is 23.6 Å². The lowest BCUT2D eigenvalue weighted by Crippen LogP contribution is -2.56. The third-order valence-electron chi connectivity index (χ3n) is 7.46. The van der Waals surface area contributed by atoms with Crippen LogP contribution < -0.4 is 24.8 Å². The van der Waals surface area contributed by atoms with Crippen molar-refractivity contribution in [3.05, 3.63) is 117 Å². The molecule has 0 saturated heterocycles. The number of carbonyl (C=O) groups is 1. The number of halogens is 1. The Bertz CT molecular complexity index is 1590. The van der Waals surface area contributed by atoms with Gasteiger partial charge in [0.1, 0.15) is 11.3 Å². The Morgan fingerprint density at radius 2 is 1.45 bits per heavy atom. The maximum absolute atomic E-state index is 14.2. The lowest BCUT2D eigenvalue weighted by molar-refractivity contribution is -0.384. The number of benzene rings is 4. The summed E-state index contributed by atoms with van der Waals surface area (Å²) in [5.74, 6) is 0.640. The first-order valence-corrected chi connectivity index (χ1v) is 13.8. The predicted molar refractivity (Wildman–Crippen MR) is 169 cm³/mol. The fraction of sp³-hybridized carbons (Fsp3) is 0.219. The molecular weight excluding hydrogens is 554 g/mol. The van der Waals surface area contributed by atoms with Crippen LogP contribution in [-0.2, 0) is 5.54 Å². The molecule has 1 heterocycles. The number of nitro groups is 1. The highest BCUT2D eigenvalue weighted by molar-refractivity contribution is 6.34. The van der Waals surface area contributed by atoms with E-state index in [1.165, 1.54) is 18.2 Å². The highest BCUT2D eigenvalue weighted by Crippen LogP contribution is 2.52. The van der Waals surface area contributed by atoms with E-state index >= 15 is 0 Å². The number of anilines is 4. The summed E-state index contributed by atoms with van der Waals surface area (Å²) in [6, 6.07) is 25.3. The van der Waals surface area contributed by atoms with Gasteiger partial charge in [0.15, 0.2) is 0 Å². The van der Waals surface area contributed by atoms with Gasteiger partial charge in [-0.25, -0.2) is 4.79 Å². The van der Waals surface area contributed by atoms with Crippen molar-refractivity contribution in [1.29, 1.82) is 0 Å². The lowest BCUT2D eigenvalue weighted by atomic mass is 9.73. The van der Waals surface area contributed by atoms with Crippen molar-refractivity contribution in [2.24, 2.45) is 0 Å². The van der Waals surface area contributed by atoms with Gasteiger partial charge in [0, 0.05) is 62.9 Å². The van der Waals surface area contributed by atoms with Crippen LogP contribution in [0.15, 0.2) is 84.9 Å². The van der Waals surface area contributed by atoms with Crippen molar-refractivity contribution in [1.82, 2.24) is 0 Å². The monoisotopic (exact) mass is 585 g/mol. The van der Waals surface area contributed by atoms with Gasteiger partial charge in [0.2, 0.25) is 0 Å². The summed E-state index contributed by atoms with van der Waals surface area (Å²) in [7, 11) is 7.85. The summed E-state index contributed by atoms with van der Waals surface area (Å²) < 4.78 is 5.93. The van der Waals surface area contributed by atoms with Crippen molar-refractivity contribution >= 4 is 46.1 Å². The maximum Gasteiger partial charge on any atom is 0.327 e. The molecule has 0 unspecified atom stereocenters. The number of ether oxygens (including phenoxy) is 1. The number of amides is 2. The molecule has 9 nitrogen and oxygen atoms in total. The maximum atomic E-state index is 14.2. The van der Waals surface area contributed by atoms with Crippen molar-refractivity contribution in [2.45, 2.75) is 12.5 Å². The van der Waals surface area contributed by atoms with Gasteiger partial charge in [-0.1, -0.05) is 35.9 Å². The topological polar surface area (TPSA) is 91.2 Å². The molecule has 4 aromatic rings. The Balaban J connectivity index is 1.91. The number of fused-ring (bicyclic) bond motifs is 1. The van der Waals surface area contributed by atoms with Crippen LogP contribution in [0.2, 0.25) is 5.02 Å². The van der Waals surface area contributed by atoms with Crippen molar-refractivity contribution in [3.8, 4) is 5.75 Å². The molecular formula is C32H32ClN5O4. The highest BCUT2D eigenvalue weighted by atomic mass is 35.5. The fourth-order valence-corrected chi connectivity index (χ4v) is 5.71. The fourth-order valence-electron chi connectivity index (χ4n) is 5.45. The number of urea groups is 1. The summed E-state index contributed by atoms with van der Waals surface area (Å²) in [6.45, 7) is 2.38. The molecule has 42 heavy (non-hydrogen) atoms. The second-order valence-corrected chi connectivity index (χ2v) is 10.8. The second kappa shape index (κ2) is 11.3. The quantitative estimate of drug-likeness (QED) is 0.175. The van der Waals surface area contributed by atoms with Crippen LogP contribution in [0.3, 0.4) is 0 Å². The van der Waals surface area contributed by atoms with Crippen LogP contribution in [0, 0.1) is 10.1 Å². The smallest absolute Gasteiger partial charge is 0.327 e. The van der Waals surface area contributed by atoms with Crippen molar-refractivity contribution < 1.29 is 14.5 Å². The van der Waals surface area contributed by atoms with E-state index in [1.807, 2.05) is 112 Å². The first-order valence-electron chi connectivity index (χ1n) is 13.5. The van der Waals surface area contributed by atoms with Gasteiger partial charge in [0.25, 0.3) is 5.69 Å². The molecule has 4 aromatic carbocycles. The number of rotatable bonds is 8. The number of nitro benzene ring substituents is 1. The molecule has 0 atom stereocenters. The summed E-state index contributed by atoms with van der Waals surface area (Å²) in [6.07, 6.45) is 0. The zero-order chi connectivity index (χ0) is 30.2. The minimum Gasteiger partial charge on any atom is -0.494 e. The molecule has 2 amide bonds. The largest absolute Gasteiger partial charge is 0.494 e. The number of hydrogen-bond donors (Lipinski definition) is 1. The van der Waals surface area contributed by atoms with Crippen LogP contribution in [0.5, 0.6) is 5.75 Å². The second-order valence-electron chi connectivity index (χ2n) is 10.4. The average Bonchev–Trinajstić information content (AvgIpc) is 2.97. The van der Waals surface area contributed by atoms with Crippen LogP contribution >= 0.6 is 11.6 Å². The summed E-state index contributed by atoms with van der Waals surface area (Å²) in [4.78, 5) is 30.9. The van der Waals surface area contributed by atoms with Gasteiger partial charge in [-0.2, -0.15) is 0 Å². The normalized spacial score (nSPS) is 13.7. The van der Waals surface area contributed by atoms with Crippen LogP contribution in [0.25, 0.3) is 0 Å². The molecule has 5 rings (SSSR count). The van der Waals surface area contributed by atoms with E-state index in [4.69, 9.17) is 16.3 Å². The zero-order valence-corrected chi connectivity index (χ0v) is 24.8. The van der Waals surface area contributed by atoms with E-state index in [9.17, 15) is 14.9 Å². The van der Waals surface area contributed by atoms with E-state index in [0.717, 1.165) is 28.1 Å². The SMILES string of the molecule is CCOc1ccc2c(c1)C(c1ccc(N(C)C)cc1)(c1ccc(N(C)C)cc1)N(c1ccc([N+](=O)[O-])cc1Cl)C(=O)N2. The molecule has 10 heteroatoms. The van der Waals surface area contributed by atoms with Gasteiger partial charge in [-0.05, 0) is 66.6 Å². The Morgan fingerprint density at radius 1 is 0.881 bits per heavy atom. The van der Waals surface area contributed by atoms with E-state index in [0.29, 0.717) is 23.7 Å². The molecule has 0 fully saturated rings.